The average Bonchev–Trinajstić information content (AvgIpc) is 2.83. The van der Waals surface area contributed by atoms with Crippen molar-refractivity contribution >= 4 is 11.5 Å². The third-order valence-corrected chi connectivity index (χ3v) is 3.40. The molecule has 16 heavy (non-hydrogen) atoms. The summed E-state index contributed by atoms with van der Waals surface area (Å²) in [6.07, 6.45) is 6.04. The molecule has 0 bridgehead atoms. The van der Waals surface area contributed by atoms with Gasteiger partial charge in [-0.05, 0) is 30.9 Å². The molecule has 1 aromatic rings. The molecule has 0 unspecified atom stereocenters. The molecule has 86 valence electrons. The Balaban J connectivity index is 2.20. The van der Waals surface area contributed by atoms with Crippen LogP contribution in [0.5, 0.6) is 0 Å². The van der Waals surface area contributed by atoms with Crippen LogP contribution in [0.25, 0.3) is 0 Å². The Morgan fingerprint density at radius 3 is 2.69 bits per heavy atom. The molecule has 0 spiro atoms. The molecule has 0 amide bonds. The van der Waals surface area contributed by atoms with Crippen molar-refractivity contribution in [2.45, 2.75) is 39.0 Å². The Morgan fingerprint density at radius 2 is 2.00 bits per heavy atom. The first kappa shape index (κ1) is 11.2. The zero-order valence-corrected chi connectivity index (χ0v) is 9.95. The van der Waals surface area contributed by atoms with Gasteiger partial charge in [-0.3, -0.25) is 0 Å². The predicted molar refractivity (Wildman–Crippen MR) is 69.1 cm³/mol. The second kappa shape index (κ2) is 5.15. The molecule has 2 nitrogen and oxygen atoms in total. The zero-order chi connectivity index (χ0) is 11.4. The lowest BCUT2D eigenvalue weighted by atomic mass is 10.1. The normalized spacial score (nSPS) is 17.9. The van der Waals surface area contributed by atoms with Gasteiger partial charge in [0.15, 0.2) is 0 Å². The maximum atomic E-state index is 6.08. The van der Waals surface area contributed by atoms with Crippen LogP contribution in [-0.4, -0.2) is 5.84 Å². The summed E-state index contributed by atoms with van der Waals surface area (Å²) >= 11 is 0. The third-order valence-electron chi connectivity index (χ3n) is 3.40. The smallest absolute Gasteiger partial charge is 0.103 e. The minimum atomic E-state index is 0.518. The van der Waals surface area contributed by atoms with Gasteiger partial charge in [0.2, 0.25) is 0 Å². The van der Waals surface area contributed by atoms with Crippen molar-refractivity contribution in [2.24, 2.45) is 16.6 Å². The highest BCUT2D eigenvalue weighted by atomic mass is 14.9. The number of rotatable bonds is 3. The summed E-state index contributed by atoms with van der Waals surface area (Å²) in [5.41, 5.74) is 8.42. The summed E-state index contributed by atoms with van der Waals surface area (Å²) in [5.74, 6) is 1.35. The van der Waals surface area contributed by atoms with E-state index in [9.17, 15) is 0 Å². The summed E-state index contributed by atoms with van der Waals surface area (Å²) in [4.78, 5) is 4.61. The standard InChI is InChI=1S/C14H20N2/c1-2-11-7-5-6-10-13(11)16-14(15)12-8-3-4-9-12/h5-7,10,12H,2-4,8-9H2,1H3,(H2,15,16). The summed E-state index contributed by atoms with van der Waals surface area (Å²) in [7, 11) is 0. The van der Waals surface area contributed by atoms with Crippen LogP contribution in [0, 0.1) is 5.92 Å². The van der Waals surface area contributed by atoms with E-state index in [1.165, 1.54) is 31.2 Å². The van der Waals surface area contributed by atoms with E-state index in [2.05, 4.69) is 30.1 Å². The predicted octanol–water partition coefficient (Wildman–Crippen LogP) is 3.43. The number of benzene rings is 1. The summed E-state index contributed by atoms with van der Waals surface area (Å²) in [5, 5.41) is 0. The Bertz CT molecular complexity index is 376. The van der Waals surface area contributed by atoms with E-state index in [4.69, 9.17) is 5.73 Å². The van der Waals surface area contributed by atoms with Gasteiger partial charge in [0.1, 0.15) is 5.84 Å². The topological polar surface area (TPSA) is 38.4 Å². The van der Waals surface area contributed by atoms with E-state index >= 15 is 0 Å². The Labute approximate surface area is 97.6 Å². The number of hydrogen-bond donors (Lipinski definition) is 1. The molecule has 1 saturated carbocycles. The van der Waals surface area contributed by atoms with E-state index in [1.54, 1.807) is 0 Å². The molecule has 0 radical (unpaired) electrons. The van der Waals surface area contributed by atoms with Gasteiger partial charge >= 0.3 is 0 Å². The number of amidine groups is 1. The molecule has 0 saturated heterocycles. The number of para-hydroxylation sites is 1. The van der Waals surface area contributed by atoms with Crippen LogP contribution >= 0.6 is 0 Å². The van der Waals surface area contributed by atoms with Crippen LogP contribution in [0.3, 0.4) is 0 Å². The third kappa shape index (κ3) is 2.43. The number of hydrogen-bond acceptors (Lipinski definition) is 1. The van der Waals surface area contributed by atoms with Gasteiger partial charge < -0.3 is 5.73 Å². The van der Waals surface area contributed by atoms with E-state index < -0.39 is 0 Å². The number of aliphatic imine (C=N–C) groups is 1. The maximum Gasteiger partial charge on any atom is 0.103 e. The minimum absolute atomic E-state index is 0.518. The number of nitrogens with zero attached hydrogens (tertiary/aromatic N) is 1. The Kier molecular flexibility index (Phi) is 3.60. The van der Waals surface area contributed by atoms with Crippen LogP contribution in [0.4, 0.5) is 5.69 Å². The van der Waals surface area contributed by atoms with Gasteiger partial charge in [0.25, 0.3) is 0 Å². The van der Waals surface area contributed by atoms with Gasteiger partial charge in [0.05, 0.1) is 5.69 Å². The average molecular weight is 216 g/mol. The lowest BCUT2D eigenvalue weighted by Crippen LogP contribution is -2.20. The lowest BCUT2D eigenvalue weighted by Gasteiger charge is -2.09. The van der Waals surface area contributed by atoms with Crippen molar-refractivity contribution in [2.75, 3.05) is 0 Å². The van der Waals surface area contributed by atoms with Crippen LogP contribution in [-0.2, 0) is 6.42 Å². The Morgan fingerprint density at radius 1 is 1.31 bits per heavy atom. The molecule has 1 fully saturated rings. The highest BCUT2D eigenvalue weighted by molar-refractivity contribution is 5.86. The van der Waals surface area contributed by atoms with Crippen LogP contribution in [0.15, 0.2) is 29.3 Å². The van der Waals surface area contributed by atoms with Crippen molar-refractivity contribution < 1.29 is 0 Å². The van der Waals surface area contributed by atoms with Crippen molar-refractivity contribution in [3.8, 4) is 0 Å². The van der Waals surface area contributed by atoms with Gasteiger partial charge in [-0.25, -0.2) is 4.99 Å². The first-order valence-electron chi connectivity index (χ1n) is 6.23. The van der Waals surface area contributed by atoms with Gasteiger partial charge in [0, 0.05) is 5.92 Å². The quantitative estimate of drug-likeness (QED) is 0.610. The van der Waals surface area contributed by atoms with Gasteiger partial charge in [-0.1, -0.05) is 38.0 Å². The fourth-order valence-corrected chi connectivity index (χ4v) is 2.37. The van der Waals surface area contributed by atoms with Crippen molar-refractivity contribution in [3.63, 3.8) is 0 Å². The van der Waals surface area contributed by atoms with Crippen molar-refractivity contribution in [1.29, 1.82) is 0 Å². The minimum Gasteiger partial charge on any atom is -0.387 e. The van der Waals surface area contributed by atoms with Crippen molar-refractivity contribution in [3.05, 3.63) is 29.8 Å². The molecule has 2 N–H and O–H groups in total. The first-order chi connectivity index (χ1) is 7.81. The molecule has 0 aromatic heterocycles. The highest BCUT2D eigenvalue weighted by Gasteiger charge is 2.18. The molecule has 2 heteroatoms. The van der Waals surface area contributed by atoms with Crippen LogP contribution in [0.1, 0.15) is 38.2 Å². The fourth-order valence-electron chi connectivity index (χ4n) is 2.37. The number of nitrogens with two attached hydrogens (primary N) is 1. The molecule has 2 rings (SSSR count). The van der Waals surface area contributed by atoms with E-state index in [-0.39, 0.29) is 0 Å². The van der Waals surface area contributed by atoms with Crippen molar-refractivity contribution in [1.82, 2.24) is 0 Å². The molecule has 0 atom stereocenters. The SMILES string of the molecule is CCc1ccccc1N=C(N)C1CCCC1. The van der Waals surface area contributed by atoms with Crippen LogP contribution < -0.4 is 5.73 Å². The van der Waals surface area contributed by atoms with Gasteiger partial charge in [-0.15, -0.1) is 0 Å². The fraction of sp³-hybridized carbons (Fsp3) is 0.500. The molecule has 1 aliphatic carbocycles. The molecule has 0 aliphatic heterocycles. The summed E-state index contributed by atoms with van der Waals surface area (Å²) in [6, 6.07) is 8.27. The number of aryl methyl sites for hydroxylation is 1. The zero-order valence-electron chi connectivity index (χ0n) is 9.95. The monoisotopic (exact) mass is 216 g/mol. The van der Waals surface area contributed by atoms with Gasteiger partial charge in [-0.2, -0.15) is 0 Å². The summed E-state index contributed by atoms with van der Waals surface area (Å²) < 4.78 is 0. The second-order valence-corrected chi connectivity index (χ2v) is 4.50. The first-order valence-corrected chi connectivity index (χ1v) is 6.23. The molecule has 0 heterocycles. The second-order valence-electron chi connectivity index (χ2n) is 4.50. The highest BCUT2D eigenvalue weighted by Crippen LogP contribution is 2.27. The van der Waals surface area contributed by atoms with E-state index in [0.29, 0.717) is 5.92 Å². The van der Waals surface area contributed by atoms with E-state index in [0.717, 1.165) is 17.9 Å². The molecular formula is C14H20N2. The molecule has 1 aromatic carbocycles. The molecule has 1 aliphatic rings. The maximum absolute atomic E-state index is 6.08. The lowest BCUT2D eigenvalue weighted by molar-refractivity contribution is 0.722. The van der Waals surface area contributed by atoms with Crippen LogP contribution in [0.2, 0.25) is 0 Å². The molecular weight excluding hydrogens is 196 g/mol. The summed E-state index contributed by atoms with van der Waals surface area (Å²) in [6.45, 7) is 2.15. The van der Waals surface area contributed by atoms with E-state index in [1.807, 2.05) is 6.07 Å². The Hall–Kier alpha value is -1.31. The largest absolute Gasteiger partial charge is 0.387 e.